The van der Waals surface area contributed by atoms with Gasteiger partial charge in [-0.25, -0.2) is 13.1 Å². The molecule has 2 aromatic carbocycles. The summed E-state index contributed by atoms with van der Waals surface area (Å²) >= 11 is 0. The summed E-state index contributed by atoms with van der Waals surface area (Å²) in [5.41, 5.74) is 2.07. The van der Waals surface area contributed by atoms with Crippen LogP contribution >= 0.6 is 0 Å². The molecule has 0 saturated heterocycles. The Labute approximate surface area is 160 Å². The van der Waals surface area contributed by atoms with Crippen molar-refractivity contribution >= 4 is 21.6 Å². The van der Waals surface area contributed by atoms with Gasteiger partial charge in [-0.15, -0.1) is 0 Å². The molecule has 0 radical (unpaired) electrons. The number of hydrogen-bond acceptors (Lipinski definition) is 4. The van der Waals surface area contributed by atoms with Crippen LogP contribution in [0.25, 0.3) is 0 Å². The Balaban J connectivity index is 1.71. The van der Waals surface area contributed by atoms with Crippen LogP contribution in [-0.2, 0) is 16.6 Å². The molecule has 1 fully saturated rings. The number of anilines is 1. The summed E-state index contributed by atoms with van der Waals surface area (Å²) in [6.07, 6.45) is 2.13. The molecular formula is C20H25N3O3S. The molecule has 1 amide bonds. The van der Waals surface area contributed by atoms with Gasteiger partial charge >= 0.3 is 0 Å². The fraction of sp³-hybridized carbons (Fsp3) is 0.350. The smallest absolute Gasteiger partial charge is 0.255 e. The van der Waals surface area contributed by atoms with E-state index in [0.717, 1.165) is 24.9 Å². The van der Waals surface area contributed by atoms with Crippen LogP contribution in [0.1, 0.15) is 28.8 Å². The molecule has 0 aliphatic heterocycles. The topological polar surface area (TPSA) is 78.5 Å². The van der Waals surface area contributed by atoms with Crippen molar-refractivity contribution in [2.75, 3.05) is 26.0 Å². The Morgan fingerprint density at radius 1 is 1.11 bits per heavy atom. The molecule has 1 aliphatic rings. The van der Waals surface area contributed by atoms with Crippen molar-refractivity contribution in [3.8, 4) is 0 Å². The van der Waals surface area contributed by atoms with Crippen molar-refractivity contribution in [2.24, 2.45) is 5.92 Å². The highest BCUT2D eigenvalue weighted by Crippen LogP contribution is 2.28. The van der Waals surface area contributed by atoms with E-state index in [2.05, 4.69) is 10.0 Å². The third kappa shape index (κ3) is 5.63. The Hall–Kier alpha value is -2.22. The average Bonchev–Trinajstić information content (AvgIpc) is 3.44. The first kappa shape index (κ1) is 19.5. The van der Waals surface area contributed by atoms with Crippen molar-refractivity contribution in [3.05, 3.63) is 59.7 Å². The Bertz CT molecular complexity index is 922. The normalized spacial score (nSPS) is 14.3. The molecule has 2 aromatic rings. The molecule has 0 spiro atoms. The number of sulfonamides is 1. The summed E-state index contributed by atoms with van der Waals surface area (Å²) in [4.78, 5) is 14.7. The number of carbonyl (C=O) groups is 1. The van der Waals surface area contributed by atoms with E-state index >= 15 is 0 Å². The lowest BCUT2D eigenvalue weighted by Crippen LogP contribution is -2.26. The van der Waals surface area contributed by atoms with Gasteiger partial charge in [0.2, 0.25) is 10.0 Å². The van der Waals surface area contributed by atoms with Crippen molar-refractivity contribution in [1.29, 1.82) is 0 Å². The van der Waals surface area contributed by atoms with E-state index in [1.54, 1.807) is 12.1 Å². The second-order valence-electron chi connectivity index (χ2n) is 7.22. The van der Waals surface area contributed by atoms with Crippen molar-refractivity contribution < 1.29 is 13.2 Å². The van der Waals surface area contributed by atoms with E-state index in [9.17, 15) is 13.2 Å². The zero-order valence-corrected chi connectivity index (χ0v) is 16.4. The first-order chi connectivity index (χ1) is 12.8. The van der Waals surface area contributed by atoms with Gasteiger partial charge in [0, 0.05) is 24.3 Å². The highest BCUT2D eigenvalue weighted by Gasteiger charge is 2.24. The largest absolute Gasteiger partial charge is 0.322 e. The predicted octanol–water partition coefficient (Wildman–Crippen LogP) is 2.69. The van der Waals surface area contributed by atoms with Crippen LogP contribution in [0.3, 0.4) is 0 Å². The molecule has 0 atom stereocenters. The molecule has 1 aliphatic carbocycles. The van der Waals surface area contributed by atoms with Gasteiger partial charge in [0.05, 0.1) is 4.90 Å². The molecule has 1 saturated carbocycles. The highest BCUT2D eigenvalue weighted by atomic mass is 32.2. The second kappa shape index (κ2) is 8.21. The summed E-state index contributed by atoms with van der Waals surface area (Å²) < 4.78 is 27.4. The maximum atomic E-state index is 12.6. The summed E-state index contributed by atoms with van der Waals surface area (Å²) in [6, 6.07) is 13.7. The summed E-state index contributed by atoms with van der Waals surface area (Å²) in [5, 5.41) is 2.84. The van der Waals surface area contributed by atoms with Crippen LogP contribution in [0.15, 0.2) is 53.4 Å². The third-order valence-corrected chi connectivity index (χ3v) is 5.77. The number of nitrogens with zero attached hydrogens (tertiary/aromatic N) is 1. The zero-order valence-electron chi connectivity index (χ0n) is 15.6. The standard InChI is InChI=1S/C20H25N3O3S/c1-23(2)14-16-5-3-7-18(11-16)22-20(24)17-6-4-8-19(12-17)27(25,26)21-13-15-9-10-15/h3-8,11-12,15,21H,9-10,13-14H2,1-2H3,(H,22,24). The molecule has 7 heteroatoms. The average molecular weight is 388 g/mol. The Morgan fingerprint density at radius 3 is 2.56 bits per heavy atom. The molecule has 27 heavy (non-hydrogen) atoms. The quantitative estimate of drug-likeness (QED) is 0.730. The second-order valence-corrected chi connectivity index (χ2v) is 8.98. The first-order valence-electron chi connectivity index (χ1n) is 8.98. The molecule has 144 valence electrons. The van der Waals surface area contributed by atoms with Crippen LogP contribution in [0.2, 0.25) is 0 Å². The van der Waals surface area contributed by atoms with Gasteiger partial charge in [0.25, 0.3) is 5.91 Å². The van der Waals surface area contributed by atoms with E-state index in [1.165, 1.54) is 12.1 Å². The Morgan fingerprint density at radius 2 is 1.85 bits per heavy atom. The van der Waals surface area contributed by atoms with Gasteiger partial charge in [-0.05, 0) is 68.8 Å². The van der Waals surface area contributed by atoms with E-state index in [-0.39, 0.29) is 10.8 Å². The Kier molecular flexibility index (Phi) is 5.94. The third-order valence-electron chi connectivity index (χ3n) is 4.35. The van der Waals surface area contributed by atoms with Gasteiger partial charge in [-0.2, -0.15) is 0 Å². The van der Waals surface area contributed by atoms with E-state index in [1.807, 2.05) is 43.3 Å². The summed E-state index contributed by atoms with van der Waals surface area (Å²) in [6.45, 7) is 1.22. The maximum Gasteiger partial charge on any atom is 0.255 e. The van der Waals surface area contributed by atoms with Gasteiger partial charge in [-0.3, -0.25) is 4.79 Å². The van der Waals surface area contributed by atoms with Crippen LogP contribution in [0.4, 0.5) is 5.69 Å². The van der Waals surface area contributed by atoms with Crippen LogP contribution in [-0.4, -0.2) is 39.9 Å². The minimum Gasteiger partial charge on any atom is -0.322 e. The van der Waals surface area contributed by atoms with Crippen LogP contribution in [0.5, 0.6) is 0 Å². The summed E-state index contributed by atoms with van der Waals surface area (Å²) in [5.74, 6) is 0.108. The molecule has 0 aromatic heterocycles. The molecule has 0 heterocycles. The van der Waals surface area contributed by atoms with Crippen LogP contribution in [0, 0.1) is 5.92 Å². The van der Waals surface area contributed by atoms with Gasteiger partial charge in [0.15, 0.2) is 0 Å². The van der Waals surface area contributed by atoms with Crippen LogP contribution < -0.4 is 10.0 Å². The number of amides is 1. The number of rotatable bonds is 8. The molecule has 2 N–H and O–H groups in total. The lowest BCUT2D eigenvalue weighted by molar-refractivity contribution is 0.102. The number of nitrogens with one attached hydrogen (secondary N) is 2. The van der Waals surface area contributed by atoms with Gasteiger partial charge in [-0.1, -0.05) is 18.2 Å². The minimum absolute atomic E-state index is 0.108. The fourth-order valence-electron chi connectivity index (χ4n) is 2.75. The number of benzene rings is 2. The zero-order chi connectivity index (χ0) is 19.4. The van der Waals surface area contributed by atoms with Gasteiger partial charge < -0.3 is 10.2 Å². The van der Waals surface area contributed by atoms with Crippen molar-refractivity contribution in [2.45, 2.75) is 24.3 Å². The lowest BCUT2D eigenvalue weighted by atomic mass is 10.1. The molecule has 0 bridgehead atoms. The first-order valence-corrected chi connectivity index (χ1v) is 10.5. The van der Waals surface area contributed by atoms with E-state index in [0.29, 0.717) is 23.7 Å². The lowest BCUT2D eigenvalue weighted by Gasteiger charge is -2.12. The van der Waals surface area contributed by atoms with E-state index < -0.39 is 10.0 Å². The molecule has 3 rings (SSSR count). The number of hydrogen-bond donors (Lipinski definition) is 2. The SMILES string of the molecule is CN(C)Cc1cccc(NC(=O)c2cccc(S(=O)(=O)NCC3CC3)c2)c1. The maximum absolute atomic E-state index is 12.6. The molecular weight excluding hydrogens is 362 g/mol. The van der Waals surface area contributed by atoms with E-state index in [4.69, 9.17) is 0 Å². The monoisotopic (exact) mass is 387 g/mol. The molecule has 0 unspecified atom stereocenters. The fourth-order valence-corrected chi connectivity index (χ4v) is 3.91. The minimum atomic E-state index is -3.60. The number of carbonyl (C=O) groups excluding carboxylic acids is 1. The highest BCUT2D eigenvalue weighted by molar-refractivity contribution is 7.89. The van der Waals surface area contributed by atoms with Crippen molar-refractivity contribution in [3.63, 3.8) is 0 Å². The van der Waals surface area contributed by atoms with Crippen molar-refractivity contribution in [1.82, 2.24) is 9.62 Å². The predicted molar refractivity (Wildman–Crippen MR) is 106 cm³/mol. The molecule has 6 nitrogen and oxygen atoms in total. The summed E-state index contributed by atoms with van der Waals surface area (Å²) in [7, 11) is 0.361. The van der Waals surface area contributed by atoms with Gasteiger partial charge in [0.1, 0.15) is 0 Å².